The van der Waals surface area contributed by atoms with E-state index in [-0.39, 0.29) is 0 Å². The van der Waals surface area contributed by atoms with Gasteiger partial charge in [-0.05, 0) is 17.9 Å². The zero-order valence-corrected chi connectivity index (χ0v) is 9.67. The standard InChI is InChI=1S/C11H11NO3S/c1-16-11-8(6-12-7-13)2-3-9-10(11)15-5-4-14-9/h2-3H,4-6H2,1H3. The van der Waals surface area contributed by atoms with E-state index in [4.69, 9.17) is 9.47 Å². The van der Waals surface area contributed by atoms with Crippen LogP contribution in [0, 0.1) is 0 Å². The molecular formula is C11H11NO3S. The lowest BCUT2D eigenvalue weighted by Gasteiger charge is -2.21. The molecule has 1 aromatic rings. The summed E-state index contributed by atoms with van der Waals surface area (Å²) in [6, 6.07) is 3.75. The number of ether oxygens (including phenoxy) is 2. The van der Waals surface area contributed by atoms with E-state index in [1.165, 1.54) is 0 Å². The van der Waals surface area contributed by atoms with Crippen molar-refractivity contribution in [3.63, 3.8) is 0 Å². The fourth-order valence-electron chi connectivity index (χ4n) is 1.60. The van der Waals surface area contributed by atoms with Gasteiger partial charge in [-0.25, -0.2) is 9.79 Å². The fraction of sp³-hybridized carbons (Fsp3) is 0.364. The molecule has 4 nitrogen and oxygen atoms in total. The molecule has 0 radical (unpaired) electrons. The van der Waals surface area contributed by atoms with Crippen molar-refractivity contribution in [3.05, 3.63) is 17.7 Å². The highest BCUT2D eigenvalue weighted by Gasteiger charge is 2.18. The number of fused-ring (bicyclic) bond motifs is 1. The Kier molecular flexibility index (Phi) is 3.49. The molecule has 0 saturated carbocycles. The maximum atomic E-state index is 10.1. The Morgan fingerprint density at radius 1 is 1.44 bits per heavy atom. The number of benzene rings is 1. The van der Waals surface area contributed by atoms with Gasteiger partial charge in [0.25, 0.3) is 0 Å². The number of hydrogen-bond acceptors (Lipinski definition) is 5. The van der Waals surface area contributed by atoms with Gasteiger partial charge in [-0.3, -0.25) is 0 Å². The molecule has 0 aliphatic carbocycles. The highest BCUT2D eigenvalue weighted by atomic mass is 32.2. The van der Waals surface area contributed by atoms with Crippen LogP contribution in [-0.4, -0.2) is 25.5 Å². The molecule has 0 fully saturated rings. The van der Waals surface area contributed by atoms with Gasteiger partial charge < -0.3 is 9.47 Å². The summed E-state index contributed by atoms with van der Waals surface area (Å²) in [7, 11) is 0. The fourth-order valence-corrected chi connectivity index (χ4v) is 2.34. The Labute approximate surface area is 97.7 Å². The minimum Gasteiger partial charge on any atom is -0.486 e. The van der Waals surface area contributed by atoms with Gasteiger partial charge in [-0.1, -0.05) is 6.07 Å². The maximum absolute atomic E-state index is 10.1. The van der Waals surface area contributed by atoms with E-state index in [2.05, 4.69) is 4.99 Å². The van der Waals surface area contributed by atoms with Gasteiger partial charge in [-0.15, -0.1) is 11.8 Å². The van der Waals surface area contributed by atoms with E-state index < -0.39 is 0 Å². The smallest absolute Gasteiger partial charge is 0.235 e. The number of nitrogens with zero attached hydrogens (tertiary/aromatic N) is 1. The molecule has 0 amide bonds. The SMILES string of the molecule is CSc1c(CN=C=O)ccc2c1OCCO2. The second-order valence-corrected chi connectivity index (χ2v) is 4.01. The molecule has 5 heteroatoms. The Bertz CT molecular complexity index is 441. The lowest BCUT2D eigenvalue weighted by molar-refractivity contribution is 0.167. The second kappa shape index (κ2) is 5.05. The lowest BCUT2D eigenvalue weighted by Crippen LogP contribution is -2.16. The van der Waals surface area contributed by atoms with Crippen LogP contribution in [0.4, 0.5) is 0 Å². The molecule has 1 heterocycles. The van der Waals surface area contributed by atoms with Gasteiger partial charge >= 0.3 is 0 Å². The normalized spacial score (nSPS) is 13.1. The third-order valence-corrected chi connectivity index (χ3v) is 3.12. The minimum atomic E-state index is 0.330. The van der Waals surface area contributed by atoms with Crippen molar-refractivity contribution in [1.29, 1.82) is 0 Å². The summed E-state index contributed by atoms with van der Waals surface area (Å²) < 4.78 is 11.1. The van der Waals surface area contributed by atoms with Crippen molar-refractivity contribution < 1.29 is 14.3 Å². The molecule has 84 valence electrons. The zero-order valence-electron chi connectivity index (χ0n) is 8.86. The van der Waals surface area contributed by atoms with Crippen LogP contribution in [0.3, 0.4) is 0 Å². The van der Waals surface area contributed by atoms with E-state index in [0.717, 1.165) is 22.0 Å². The topological polar surface area (TPSA) is 47.9 Å². The molecular weight excluding hydrogens is 226 g/mol. The largest absolute Gasteiger partial charge is 0.486 e. The van der Waals surface area contributed by atoms with Crippen molar-refractivity contribution in [2.45, 2.75) is 11.4 Å². The van der Waals surface area contributed by atoms with Crippen LogP contribution in [0.2, 0.25) is 0 Å². The highest BCUT2D eigenvalue weighted by molar-refractivity contribution is 7.98. The second-order valence-electron chi connectivity index (χ2n) is 3.19. The first-order valence-corrected chi connectivity index (χ1v) is 6.08. The molecule has 0 atom stereocenters. The van der Waals surface area contributed by atoms with Crippen LogP contribution in [0.5, 0.6) is 11.5 Å². The summed E-state index contributed by atoms with van der Waals surface area (Å²) in [6.45, 7) is 1.46. The van der Waals surface area contributed by atoms with Gasteiger partial charge in [0, 0.05) is 0 Å². The van der Waals surface area contributed by atoms with E-state index >= 15 is 0 Å². The molecule has 1 aliphatic heterocycles. The van der Waals surface area contributed by atoms with Gasteiger partial charge in [0.05, 0.1) is 11.4 Å². The molecule has 0 spiro atoms. The first-order chi connectivity index (χ1) is 7.86. The Morgan fingerprint density at radius 2 is 2.25 bits per heavy atom. The van der Waals surface area contributed by atoms with Crippen molar-refractivity contribution in [2.75, 3.05) is 19.5 Å². The van der Waals surface area contributed by atoms with E-state index in [1.54, 1.807) is 17.8 Å². The van der Waals surface area contributed by atoms with Crippen LogP contribution >= 0.6 is 11.8 Å². The van der Waals surface area contributed by atoms with Gasteiger partial charge in [-0.2, -0.15) is 0 Å². The molecule has 0 saturated heterocycles. The average molecular weight is 237 g/mol. The molecule has 1 aromatic carbocycles. The van der Waals surface area contributed by atoms with Crippen molar-refractivity contribution >= 4 is 17.8 Å². The number of carbonyl (C=O) groups excluding carboxylic acids is 1. The van der Waals surface area contributed by atoms with Gasteiger partial charge in [0.2, 0.25) is 6.08 Å². The third kappa shape index (κ3) is 2.05. The minimum absolute atomic E-state index is 0.330. The van der Waals surface area contributed by atoms with Crippen LogP contribution in [0.15, 0.2) is 22.0 Å². The predicted octanol–water partition coefficient (Wildman–Crippen LogP) is 2.02. The third-order valence-electron chi connectivity index (χ3n) is 2.26. The summed E-state index contributed by atoms with van der Waals surface area (Å²) in [4.78, 5) is 14.7. The molecule has 0 bridgehead atoms. The Morgan fingerprint density at radius 3 is 3.00 bits per heavy atom. The number of isocyanates is 1. The number of thioether (sulfide) groups is 1. The maximum Gasteiger partial charge on any atom is 0.235 e. The summed E-state index contributed by atoms with van der Waals surface area (Å²) >= 11 is 1.57. The first-order valence-electron chi connectivity index (χ1n) is 4.86. The lowest BCUT2D eigenvalue weighted by atomic mass is 10.2. The van der Waals surface area contributed by atoms with E-state index in [9.17, 15) is 4.79 Å². The van der Waals surface area contributed by atoms with E-state index in [1.807, 2.05) is 18.4 Å². The van der Waals surface area contributed by atoms with Crippen LogP contribution < -0.4 is 9.47 Å². The predicted molar refractivity (Wildman–Crippen MR) is 61.0 cm³/mol. The van der Waals surface area contributed by atoms with Crippen molar-refractivity contribution in [1.82, 2.24) is 0 Å². The van der Waals surface area contributed by atoms with E-state index in [0.29, 0.717) is 19.8 Å². The Hall–Kier alpha value is -1.45. The summed E-state index contributed by atoms with van der Waals surface area (Å²) in [5.74, 6) is 1.52. The molecule has 2 rings (SSSR count). The number of hydrogen-bond donors (Lipinski definition) is 0. The highest BCUT2D eigenvalue weighted by Crippen LogP contribution is 2.41. The molecule has 0 N–H and O–H groups in total. The summed E-state index contributed by atoms with van der Waals surface area (Å²) in [5.41, 5.74) is 0.958. The van der Waals surface area contributed by atoms with Crippen LogP contribution in [0.1, 0.15) is 5.56 Å². The molecule has 0 unspecified atom stereocenters. The molecule has 0 aromatic heterocycles. The monoisotopic (exact) mass is 237 g/mol. The Balaban J connectivity index is 2.42. The van der Waals surface area contributed by atoms with Gasteiger partial charge in [0.15, 0.2) is 11.5 Å². The van der Waals surface area contributed by atoms with Crippen LogP contribution in [0.25, 0.3) is 0 Å². The van der Waals surface area contributed by atoms with Crippen molar-refractivity contribution in [3.8, 4) is 11.5 Å². The molecule has 16 heavy (non-hydrogen) atoms. The first kappa shape index (κ1) is 11.0. The molecule has 1 aliphatic rings. The number of rotatable bonds is 3. The van der Waals surface area contributed by atoms with Crippen LogP contribution in [-0.2, 0) is 11.3 Å². The summed E-state index contributed by atoms with van der Waals surface area (Å²) in [5, 5.41) is 0. The quantitative estimate of drug-likeness (QED) is 0.458. The average Bonchev–Trinajstić information content (AvgIpc) is 2.35. The van der Waals surface area contributed by atoms with Gasteiger partial charge in [0.1, 0.15) is 13.2 Å². The summed E-state index contributed by atoms with van der Waals surface area (Å²) in [6.07, 6.45) is 3.50. The number of aliphatic imine (C=N–C) groups is 1. The van der Waals surface area contributed by atoms with Crippen molar-refractivity contribution in [2.24, 2.45) is 4.99 Å². The zero-order chi connectivity index (χ0) is 11.4.